The van der Waals surface area contributed by atoms with E-state index in [0.717, 1.165) is 5.56 Å². The van der Waals surface area contributed by atoms with Gasteiger partial charge in [0.05, 0.1) is 11.9 Å². The van der Waals surface area contributed by atoms with Crippen LogP contribution in [0.3, 0.4) is 0 Å². The van der Waals surface area contributed by atoms with Gasteiger partial charge in [-0.25, -0.2) is 4.98 Å². The number of carboxylic acid groups (broad SMARTS) is 1. The number of carbonyl (C=O) groups excluding carboxylic acids is 1. The summed E-state index contributed by atoms with van der Waals surface area (Å²) in [5.41, 5.74) is -0.386. The number of halogens is 1. The second-order valence-electron chi connectivity index (χ2n) is 5.69. The summed E-state index contributed by atoms with van der Waals surface area (Å²) in [5.74, 6) is -2.79. The Labute approximate surface area is 157 Å². The molecule has 0 radical (unpaired) electrons. The third kappa shape index (κ3) is 3.75. The fraction of sp³-hybridized carbons (Fsp3) is 0.111. The van der Waals surface area contributed by atoms with Crippen LogP contribution in [0.2, 0.25) is 5.02 Å². The van der Waals surface area contributed by atoms with Gasteiger partial charge >= 0.3 is 5.97 Å². The van der Waals surface area contributed by atoms with Crippen LogP contribution in [0.25, 0.3) is 11.0 Å². The summed E-state index contributed by atoms with van der Waals surface area (Å²) >= 11 is 5.87. The lowest BCUT2D eigenvalue weighted by Crippen LogP contribution is -2.36. The maximum atomic E-state index is 12.9. The molecule has 138 valence electrons. The van der Waals surface area contributed by atoms with Crippen molar-refractivity contribution >= 4 is 34.5 Å². The molecule has 0 saturated carbocycles. The van der Waals surface area contributed by atoms with Crippen LogP contribution in [-0.2, 0) is 11.3 Å². The number of rotatable bonds is 5. The highest BCUT2D eigenvalue weighted by Gasteiger charge is 2.23. The van der Waals surface area contributed by atoms with Crippen molar-refractivity contribution in [1.29, 1.82) is 0 Å². The minimum Gasteiger partial charge on any atom is -0.506 e. The Balaban J connectivity index is 2.16. The summed E-state index contributed by atoms with van der Waals surface area (Å²) in [5, 5.41) is 22.0. The van der Waals surface area contributed by atoms with Gasteiger partial charge in [0.2, 0.25) is 0 Å². The third-order valence-corrected chi connectivity index (χ3v) is 4.13. The fourth-order valence-corrected chi connectivity index (χ4v) is 2.76. The van der Waals surface area contributed by atoms with Crippen molar-refractivity contribution in [2.75, 3.05) is 6.54 Å². The molecule has 3 rings (SSSR count). The Morgan fingerprint density at radius 3 is 2.56 bits per heavy atom. The smallest absolute Gasteiger partial charge is 0.322 e. The van der Waals surface area contributed by atoms with Gasteiger partial charge in [-0.2, -0.15) is 0 Å². The van der Waals surface area contributed by atoms with Gasteiger partial charge in [-0.3, -0.25) is 19.0 Å². The van der Waals surface area contributed by atoms with Crippen LogP contribution in [0.1, 0.15) is 15.9 Å². The van der Waals surface area contributed by atoms with Crippen LogP contribution in [0.4, 0.5) is 0 Å². The van der Waals surface area contributed by atoms with Gasteiger partial charge in [0.1, 0.15) is 23.5 Å². The number of hydrogen-bond donors (Lipinski definition) is 3. The van der Waals surface area contributed by atoms with E-state index in [-0.39, 0.29) is 17.6 Å². The summed E-state index contributed by atoms with van der Waals surface area (Å²) in [6.45, 7) is -0.594. The molecule has 0 saturated heterocycles. The molecule has 0 aliphatic rings. The Morgan fingerprint density at radius 2 is 1.89 bits per heavy atom. The zero-order chi connectivity index (χ0) is 19.6. The largest absolute Gasteiger partial charge is 0.506 e. The number of carboxylic acids is 1. The maximum Gasteiger partial charge on any atom is 0.322 e. The van der Waals surface area contributed by atoms with E-state index in [4.69, 9.17) is 16.7 Å². The Bertz CT molecular complexity index is 1090. The van der Waals surface area contributed by atoms with Crippen molar-refractivity contribution in [3.05, 3.63) is 69.1 Å². The summed E-state index contributed by atoms with van der Waals surface area (Å²) in [6.07, 6.45) is 1.46. The quantitative estimate of drug-likeness (QED) is 0.611. The molecule has 3 aromatic rings. The van der Waals surface area contributed by atoms with E-state index in [1.54, 1.807) is 30.3 Å². The first-order valence-corrected chi connectivity index (χ1v) is 8.21. The highest BCUT2D eigenvalue weighted by atomic mass is 35.5. The van der Waals surface area contributed by atoms with Crippen LogP contribution < -0.4 is 10.9 Å². The topological polar surface area (TPSA) is 122 Å². The number of nitrogens with one attached hydrogen (secondary N) is 1. The number of fused-ring (bicyclic) bond motifs is 1. The average Bonchev–Trinajstić information content (AvgIpc) is 2.65. The van der Waals surface area contributed by atoms with Crippen molar-refractivity contribution in [3.63, 3.8) is 0 Å². The molecule has 2 heterocycles. The van der Waals surface area contributed by atoms with Crippen LogP contribution in [0.5, 0.6) is 5.75 Å². The molecule has 0 aliphatic heterocycles. The number of benzene rings is 1. The normalized spacial score (nSPS) is 10.7. The first-order valence-electron chi connectivity index (χ1n) is 7.83. The number of aromatic nitrogens is 2. The number of nitrogens with zero attached hydrogens (tertiary/aromatic N) is 2. The van der Waals surface area contributed by atoms with Crippen LogP contribution in [-0.4, -0.2) is 38.2 Å². The van der Waals surface area contributed by atoms with E-state index >= 15 is 0 Å². The predicted molar refractivity (Wildman–Crippen MR) is 98.2 cm³/mol. The fourth-order valence-electron chi connectivity index (χ4n) is 2.63. The highest BCUT2D eigenvalue weighted by molar-refractivity contribution is 6.30. The number of carbonyl (C=O) groups is 2. The van der Waals surface area contributed by atoms with Crippen molar-refractivity contribution < 1.29 is 19.8 Å². The van der Waals surface area contributed by atoms with Crippen LogP contribution in [0, 0.1) is 0 Å². The predicted octanol–water partition coefficient (Wildman–Crippen LogP) is 1.62. The van der Waals surface area contributed by atoms with Gasteiger partial charge in [-0.1, -0.05) is 23.7 Å². The number of aromatic hydroxyl groups is 1. The van der Waals surface area contributed by atoms with E-state index in [0.29, 0.717) is 5.02 Å². The molecule has 0 bridgehead atoms. The van der Waals surface area contributed by atoms with E-state index < -0.39 is 35.3 Å². The molecule has 2 aromatic heterocycles. The molecule has 1 aromatic carbocycles. The Morgan fingerprint density at radius 1 is 1.19 bits per heavy atom. The maximum absolute atomic E-state index is 12.9. The molecule has 8 nitrogen and oxygen atoms in total. The lowest BCUT2D eigenvalue weighted by molar-refractivity contribution is -0.135. The minimum atomic E-state index is -1.27. The molecule has 3 N–H and O–H groups in total. The molecule has 27 heavy (non-hydrogen) atoms. The lowest BCUT2D eigenvalue weighted by Gasteiger charge is -2.14. The number of pyridine rings is 2. The van der Waals surface area contributed by atoms with E-state index in [2.05, 4.69) is 10.3 Å². The second kappa shape index (κ2) is 7.46. The Hall–Kier alpha value is -3.39. The molecule has 0 atom stereocenters. The number of amides is 1. The summed E-state index contributed by atoms with van der Waals surface area (Å²) < 4.78 is 1.24. The molecule has 9 heteroatoms. The van der Waals surface area contributed by atoms with E-state index in [9.17, 15) is 19.5 Å². The lowest BCUT2D eigenvalue weighted by atomic mass is 10.1. The van der Waals surface area contributed by atoms with Crippen molar-refractivity contribution in [1.82, 2.24) is 14.9 Å². The Kier molecular flexibility index (Phi) is 5.09. The molecule has 0 unspecified atom stereocenters. The SMILES string of the molecule is O=C(O)CNC(=O)c1c(O)c2cccnc2n(Cc2ccc(Cl)cc2)c1=O. The molecule has 1 amide bonds. The van der Waals surface area contributed by atoms with Gasteiger partial charge in [0.25, 0.3) is 11.5 Å². The molecular weight excluding hydrogens is 374 g/mol. The van der Waals surface area contributed by atoms with Gasteiger partial charge in [0.15, 0.2) is 0 Å². The zero-order valence-electron chi connectivity index (χ0n) is 13.8. The summed E-state index contributed by atoms with van der Waals surface area (Å²) in [7, 11) is 0. The first-order chi connectivity index (χ1) is 12.9. The number of aliphatic carboxylic acids is 1. The molecule has 0 spiro atoms. The van der Waals surface area contributed by atoms with Gasteiger partial charge in [0, 0.05) is 11.2 Å². The van der Waals surface area contributed by atoms with Gasteiger partial charge in [-0.15, -0.1) is 0 Å². The van der Waals surface area contributed by atoms with E-state index in [1.165, 1.54) is 16.8 Å². The average molecular weight is 388 g/mol. The summed E-state index contributed by atoms with van der Waals surface area (Å²) in [6, 6.07) is 9.85. The monoisotopic (exact) mass is 387 g/mol. The van der Waals surface area contributed by atoms with Gasteiger partial charge < -0.3 is 15.5 Å². The van der Waals surface area contributed by atoms with Crippen LogP contribution in [0.15, 0.2) is 47.4 Å². The van der Waals surface area contributed by atoms with Crippen molar-refractivity contribution in [3.8, 4) is 5.75 Å². The molecule has 0 aliphatic carbocycles. The standard InChI is InChI=1S/C18H14ClN3O5/c19-11-5-3-10(4-6-11)9-22-16-12(2-1-7-20-16)15(25)14(18(22)27)17(26)21-8-13(23)24/h1-7,25H,8-9H2,(H,21,26)(H,23,24). The second-order valence-corrected chi connectivity index (χ2v) is 6.13. The highest BCUT2D eigenvalue weighted by Crippen LogP contribution is 2.25. The van der Waals surface area contributed by atoms with E-state index in [1.807, 2.05) is 0 Å². The molecular formula is C18H14ClN3O5. The van der Waals surface area contributed by atoms with Crippen LogP contribution >= 0.6 is 11.6 Å². The minimum absolute atomic E-state index is 0.0863. The van der Waals surface area contributed by atoms with Crippen molar-refractivity contribution in [2.45, 2.75) is 6.54 Å². The number of hydrogen-bond acceptors (Lipinski definition) is 5. The third-order valence-electron chi connectivity index (χ3n) is 3.87. The van der Waals surface area contributed by atoms with Crippen molar-refractivity contribution in [2.24, 2.45) is 0 Å². The first kappa shape index (κ1) is 18.4. The zero-order valence-corrected chi connectivity index (χ0v) is 14.6. The molecule has 0 fully saturated rings. The van der Waals surface area contributed by atoms with Gasteiger partial charge in [-0.05, 0) is 29.8 Å². The summed E-state index contributed by atoms with van der Waals surface area (Å²) in [4.78, 5) is 40.0.